The monoisotopic (exact) mass is 344 g/mol. The number of hydrogen-bond acceptors (Lipinski definition) is 6. The minimum absolute atomic E-state index is 0.152. The number of rotatable bonds is 5. The SMILES string of the molecule is O=C(/C=C1/NC2CCC([N+](=O)[O-])CC2OC1=O)CCc1ccccc1. The standard InChI is InChI=1S/C18H20N2O5/c21-14(8-6-12-4-2-1-3-5-12)11-16-18(22)25-17-10-13(20(23)24)7-9-15(17)19-16/h1-5,11,13,15,17,19H,6-10H2/b16-11+. The van der Waals surface area contributed by atoms with Crippen molar-refractivity contribution in [2.45, 2.75) is 50.3 Å². The summed E-state index contributed by atoms with van der Waals surface area (Å²) in [5.41, 5.74) is 1.21. The predicted molar refractivity (Wildman–Crippen MR) is 89.3 cm³/mol. The third-order valence-electron chi connectivity index (χ3n) is 4.69. The highest BCUT2D eigenvalue weighted by molar-refractivity contribution is 5.99. The van der Waals surface area contributed by atoms with Gasteiger partial charge in [0.25, 0.3) is 0 Å². The van der Waals surface area contributed by atoms with Gasteiger partial charge in [0.05, 0.1) is 12.5 Å². The number of ether oxygens (including phenoxy) is 1. The molecular weight excluding hydrogens is 324 g/mol. The van der Waals surface area contributed by atoms with Crippen molar-refractivity contribution in [3.63, 3.8) is 0 Å². The summed E-state index contributed by atoms with van der Waals surface area (Å²) in [6, 6.07) is 8.81. The predicted octanol–water partition coefficient (Wildman–Crippen LogP) is 1.78. The van der Waals surface area contributed by atoms with Crippen LogP contribution >= 0.6 is 0 Å². The molecule has 0 radical (unpaired) electrons. The number of allylic oxidation sites excluding steroid dienone is 1. The Hall–Kier alpha value is -2.70. The number of fused-ring (bicyclic) bond motifs is 1. The molecule has 2 aliphatic rings. The topological polar surface area (TPSA) is 98.5 Å². The van der Waals surface area contributed by atoms with Crippen molar-refractivity contribution < 1.29 is 19.2 Å². The van der Waals surface area contributed by atoms with Crippen molar-refractivity contribution in [1.29, 1.82) is 0 Å². The zero-order valence-electron chi connectivity index (χ0n) is 13.7. The van der Waals surface area contributed by atoms with E-state index in [1.165, 1.54) is 6.08 Å². The molecule has 25 heavy (non-hydrogen) atoms. The number of nitrogens with zero attached hydrogens (tertiary/aromatic N) is 1. The second-order valence-electron chi connectivity index (χ2n) is 6.46. The second kappa shape index (κ2) is 7.46. The molecule has 1 aliphatic carbocycles. The van der Waals surface area contributed by atoms with Gasteiger partial charge in [0.1, 0.15) is 11.8 Å². The van der Waals surface area contributed by atoms with Gasteiger partial charge in [-0.05, 0) is 18.4 Å². The Balaban J connectivity index is 1.58. The maximum atomic E-state index is 12.1. The maximum absolute atomic E-state index is 12.1. The zero-order valence-corrected chi connectivity index (χ0v) is 13.7. The molecule has 132 valence electrons. The molecule has 0 amide bonds. The molecule has 0 spiro atoms. The Morgan fingerprint density at radius 1 is 1.32 bits per heavy atom. The number of benzene rings is 1. The van der Waals surface area contributed by atoms with Gasteiger partial charge < -0.3 is 10.1 Å². The van der Waals surface area contributed by atoms with Gasteiger partial charge in [-0.1, -0.05) is 30.3 Å². The molecule has 1 saturated carbocycles. The fourth-order valence-electron chi connectivity index (χ4n) is 3.30. The van der Waals surface area contributed by atoms with Crippen molar-refractivity contribution in [3.8, 4) is 0 Å². The number of carbonyl (C=O) groups is 2. The molecule has 3 rings (SSSR count). The van der Waals surface area contributed by atoms with Gasteiger partial charge in [0.2, 0.25) is 6.04 Å². The first-order chi connectivity index (χ1) is 12.0. The third-order valence-corrected chi connectivity index (χ3v) is 4.69. The van der Waals surface area contributed by atoms with Crippen LogP contribution in [0.3, 0.4) is 0 Å². The molecule has 7 heteroatoms. The van der Waals surface area contributed by atoms with Crippen molar-refractivity contribution >= 4 is 11.8 Å². The fourth-order valence-corrected chi connectivity index (χ4v) is 3.30. The number of hydrogen-bond donors (Lipinski definition) is 1. The number of aryl methyl sites for hydroxylation is 1. The largest absolute Gasteiger partial charge is 0.455 e. The van der Waals surface area contributed by atoms with E-state index in [4.69, 9.17) is 4.74 Å². The number of nitrogens with one attached hydrogen (secondary N) is 1. The van der Waals surface area contributed by atoms with Crippen LogP contribution in [0.15, 0.2) is 42.1 Å². The van der Waals surface area contributed by atoms with Crippen molar-refractivity contribution in [3.05, 3.63) is 57.8 Å². The van der Waals surface area contributed by atoms with E-state index in [0.717, 1.165) is 5.56 Å². The van der Waals surface area contributed by atoms with Crippen LogP contribution in [0.5, 0.6) is 0 Å². The van der Waals surface area contributed by atoms with Crippen LogP contribution in [-0.4, -0.2) is 34.9 Å². The average molecular weight is 344 g/mol. The zero-order chi connectivity index (χ0) is 17.8. The first-order valence-corrected chi connectivity index (χ1v) is 8.42. The van der Waals surface area contributed by atoms with E-state index in [1.54, 1.807) is 0 Å². The molecule has 1 N–H and O–H groups in total. The lowest BCUT2D eigenvalue weighted by Gasteiger charge is -2.37. The minimum atomic E-state index is -0.672. The van der Waals surface area contributed by atoms with Crippen LogP contribution in [0.2, 0.25) is 0 Å². The molecule has 1 aliphatic heterocycles. The smallest absolute Gasteiger partial charge is 0.354 e. The molecule has 1 aromatic carbocycles. The summed E-state index contributed by atoms with van der Waals surface area (Å²) in [5.74, 6) is -0.765. The maximum Gasteiger partial charge on any atom is 0.354 e. The molecule has 0 aromatic heterocycles. The van der Waals surface area contributed by atoms with E-state index in [0.29, 0.717) is 25.7 Å². The van der Waals surface area contributed by atoms with Crippen molar-refractivity contribution in [2.24, 2.45) is 0 Å². The van der Waals surface area contributed by atoms with Crippen LogP contribution < -0.4 is 5.32 Å². The Morgan fingerprint density at radius 3 is 2.80 bits per heavy atom. The van der Waals surface area contributed by atoms with Crippen LogP contribution in [0, 0.1) is 10.1 Å². The van der Waals surface area contributed by atoms with Crippen molar-refractivity contribution in [1.82, 2.24) is 5.32 Å². The molecule has 0 bridgehead atoms. The van der Waals surface area contributed by atoms with E-state index < -0.39 is 18.1 Å². The molecule has 3 atom stereocenters. The lowest BCUT2D eigenvalue weighted by Crippen LogP contribution is -2.54. The van der Waals surface area contributed by atoms with E-state index in [2.05, 4.69) is 5.32 Å². The highest BCUT2D eigenvalue weighted by Gasteiger charge is 2.42. The summed E-state index contributed by atoms with van der Waals surface area (Å²) >= 11 is 0. The Morgan fingerprint density at radius 2 is 2.08 bits per heavy atom. The third kappa shape index (κ3) is 4.23. The lowest BCUT2D eigenvalue weighted by atomic mass is 9.87. The van der Waals surface area contributed by atoms with Gasteiger partial charge in [0, 0.05) is 23.8 Å². The number of carbonyl (C=O) groups excluding carboxylic acids is 2. The summed E-state index contributed by atoms with van der Waals surface area (Å²) in [4.78, 5) is 34.8. The van der Waals surface area contributed by atoms with E-state index in [9.17, 15) is 19.7 Å². The molecule has 3 unspecified atom stereocenters. The minimum Gasteiger partial charge on any atom is -0.455 e. The highest BCUT2D eigenvalue weighted by atomic mass is 16.6. The Kier molecular flexibility index (Phi) is 5.11. The molecule has 1 heterocycles. The summed E-state index contributed by atoms with van der Waals surface area (Å²) in [7, 11) is 0. The second-order valence-corrected chi connectivity index (χ2v) is 6.46. The van der Waals surface area contributed by atoms with Gasteiger partial charge in [-0.15, -0.1) is 0 Å². The first-order valence-electron chi connectivity index (χ1n) is 8.42. The Labute approximate surface area is 145 Å². The van der Waals surface area contributed by atoms with E-state index >= 15 is 0 Å². The quantitative estimate of drug-likeness (QED) is 0.378. The van der Waals surface area contributed by atoms with Crippen LogP contribution in [-0.2, 0) is 20.7 Å². The van der Waals surface area contributed by atoms with E-state index in [1.807, 2.05) is 30.3 Å². The molecule has 1 aromatic rings. The van der Waals surface area contributed by atoms with Crippen LogP contribution in [0.4, 0.5) is 0 Å². The van der Waals surface area contributed by atoms with Gasteiger partial charge in [0.15, 0.2) is 5.78 Å². The Bertz CT molecular complexity index is 701. The summed E-state index contributed by atoms with van der Waals surface area (Å²) < 4.78 is 5.32. The molecule has 2 fully saturated rings. The van der Waals surface area contributed by atoms with Gasteiger partial charge in [-0.25, -0.2) is 4.79 Å². The molecule has 7 nitrogen and oxygen atoms in total. The number of ketones is 1. The summed E-state index contributed by atoms with van der Waals surface area (Å²) in [6.45, 7) is 0. The van der Waals surface area contributed by atoms with E-state index in [-0.39, 0.29) is 28.9 Å². The van der Waals surface area contributed by atoms with Gasteiger partial charge >= 0.3 is 5.97 Å². The number of morpholine rings is 1. The van der Waals surface area contributed by atoms with Gasteiger partial charge in [-0.2, -0.15) is 0 Å². The summed E-state index contributed by atoms with van der Waals surface area (Å²) in [5, 5.41) is 13.9. The first kappa shape index (κ1) is 17.1. The normalized spacial score (nSPS) is 27.1. The summed E-state index contributed by atoms with van der Waals surface area (Å²) in [6.07, 6.45) is 2.89. The number of nitro groups is 1. The average Bonchev–Trinajstić information content (AvgIpc) is 2.61. The van der Waals surface area contributed by atoms with Crippen molar-refractivity contribution in [2.75, 3.05) is 0 Å². The van der Waals surface area contributed by atoms with Crippen LogP contribution in [0.1, 0.15) is 31.2 Å². The fraction of sp³-hybridized carbons (Fsp3) is 0.444. The molecule has 1 saturated heterocycles. The number of esters is 1. The van der Waals surface area contributed by atoms with Crippen LogP contribution in [0.25, 0.3) is 0 Å². The van der Waals surface area contributed by atoms with Gasteiger partial charge in [-0.3, -0.25) is 14.9 Å². The highest BCUT2D eigenvalue weighted by Crippen LogP contribution is 2.28. The lowest BCUT2D eigenvalue weighted by molar-refractivity contribution is -0.528. The molecular formula is C18H20N2O5.